The van der Waals surface area contributed by atoms with Crippen LogP contribution in [0.4, 0.5) is 9.18 Å². The Labute approximate surface area is 175 Å². The summed E-state index contributed by atoms with van der Waals surface area (Å²) in [6.45, 7) is 2.62. The Hall–Kier alpha value is -2.38. The van der Waals surface area contributed by atoms with Crippen molar-refractivity contribution in [2.75, 3.05) is 13.1 Å². The van der Waals surface area contributed by atoms with E-state index in [1.165, 1.54) is 6.07 Å². The molecular formula is C22H28FN3O4. The molecule has 4 aliphatic carbocycles. The van der Waals surface area contributed by atoms with Gasteiger partial charge < -0.3 is 20.1 Å². The Morgan fingerprint density at radius 3 is 2.67 bits per heavy atom. The Kier molecular flexibility index (Phi) is 4.63. The number of amides is 2. The lowest BCUT2D eigenvalue weighted by molar-refractivity contribution is -0.161. The van der Waals surface area contributed by atoms with E-state index in [1.54, 1.807) is 18.0 Å². The van der Waals surface area contributed by atoms with Crippen LogP contribution in [0.3, 0.4) is 0 Å². The van der Waals surface area contributed by atoms with Gasteiger partial charge in [0.25, 0.3) is 5.88 Å². The number of likely N-dealkylation sites (tertiary alicyclic amines) is 1. The van der Waals surface area contributed by atoms with Crippen LogP contribution in [0.5, 0.6) is 5.88 Å². The molecule has 162 valence electrons. The Bertz CT molecular complexity index is 862. The van der Waals surface area contributed by atoms with Crippen molar-refractivity contribution in [3.8, 4) is 5.88 Å². The molecule has 8 heteroatoms. The molecule has 5 fully saturated rings. The van der Waals surface area contributed by atoms with E-state index in [0.717, 1.165) is 37.7 Å². The molecule has 0 aromatic carbocycles. The Morgan fingerprint density at radius 2 is 2.00 bits per heavy atom. The van der Waals surface area contributed by atoms with Crippen LogP contribution in [0.25, 0.3) is 0 Å². The number of halogens is 1. The molecule has 6 rings (SSSR count). The normalized spacial score (nSPS) is 36.7. The molecule has 5 aliphatic rings. The Balaban J connectivity index is 1.19. The van der Waals surface area contributed by atoms with Crippen LogP contribution < -0.4 is 10.5 Å². The van der Waals surface area contributed by atoms with Crippen molar-refractivity contribution in [1.29, 1.82) is 0 Å². The van der Waals surface area contributed by atoms with Gasteiger partial charge >= 0.3 is 6.09 Å². The summed E-state index contributed by atoms with van der Waals surface area (Å²) in [6, 6.07) is 1.38. The van der Waals surface area contributed by atoms with Crippen LogP contribution in [0, 0.1) is 35.9 Å². The fraction of sp³-hybridized carbons (Fsp3) is 0.682. The van der Waals surface area contributed by atoms with E-state index in [0.29, 0.717) is 25.4 Å². The summed E-state index contributed by atoms with van der Waals surface area (Å²) in [5.41, 5.74) is 6.07. The average molecular weight is 417 g/mol. The molecular weight excluding hydrogens is 389 g/mol. The van der Waals surface area contributed by atoms with E-state index in [4.69, 9.17) is 15.2 Å². The number of aryl methyl sites for hydroxylation is 1. The molecule has 4 saturated carbocycles. The monoisotopic (exact) mass is 417 g/mol. The number of primary amides is 1. The quantitative estimate of drug-likeness (QED) is 0.813. The van der Waals surface area contributed by atoms with E-state index in [2.05, 4.69) is 4.98 Å². The second kappa shape index (κ2) is 7.10. The summed E-state index contributed by atoms with van der Waals surface area (Å²) < 4.78 is 25.6. The fourth-order valence-electron chi connectivity index (χ4n) is 6.42. The van der Waals surface area contributed by atoms with Crippen LogP contribution in [-0.2, 0) is 9.53 Å². The van der Waals surface area contributed by atoms with Gasteiger partial charge in [-0.15, -0.1) is 0 Å². The van der Waals surface area contributed by atoms with Crippen LogP contribution in [0.15, 0.2) is 12.3 Å². The third-order valence-electron chi connectivity index (χ3n) is 7.57. The van der Waals surface area contributed by atoms with E-state index in [1.807, 2.05) is 0 Å². The number of hydrogen-bond acceptors (Lipinski definition) is 5. The minimum atomic E-state index is -0.493. The topological polar surface area (TPSA) is 94.8 Å². The molecule has 1 saturated heterocycles. The van der Waals surface area contributed by atoms with E-state index in [9.17, 15) is 14.0 Å². The summed E-state index contributed by atoms with van der Waals surface area (Å²) in [4.78, 5) is 30.5. The van der Waals surface area contributed by atoms with Gasteiger partial charge in [-0.05, 0) is 68.4 Å². The highest BCUT2D eigenvalue weighted by atomic mass is 19.1. The molecule has 0 spiro atoms. The summed E-state index contributed by atoms with van der Waals surface area (Å²) in [5.74, 6) is 0.239. The van der Waals surface area contributed by atoms with Crippen LogP contribution in [0.2, 0.25) is 0 Å². The number of ether oxygens (including phenoxy) is 2. The third kappa shape index (κ3) is 3.30. The van der Waals surface area contributed by atoms with Crippen molar-refractivity contribution < 1.29 is 23.5 Å². The zero-order chi connectivity index (χ0) is 21.0. The molecule has 1 aromatic rings. The number of hydrogen-bond donors (Lipinski definition) is 1. The number of rotatable bonds is 4. The largest absolute Gasteiger partial charge is 0.470 e. The first kappa shape index (κ1) is 19.6. The first-order valence-electron chi connectivity index (χ1n) is 10.9. The summed E-state index contributed by atoms with van der Waals surface area (Å²) in [7, 11) is 0. The molecule has 2 unspecified atom stereocenters. The smallest absolute Gasteiger partial charge is 0.410 e. The van der Waals surface area contributed by atoms with Crippen molar-refractivity contribution in [3.05, 3.63) is 23.6 Å². The third-order valence-corrected chi connectivity index (χ3v) is 7.57. The maximum atomic E-state index is 14.0. The first-order chi connectivity index (χ1) is 14.3. The molecule has 3 atom stereocenters. The lowest BCUT2D eigenvalue weighted by Crippen LogP contribution is -2.59. The van der Waals surface area contributed by atoms with Gasteiger partial charge in [-0.1, -0.05) is 0 Å². The molecule has 7 nitrogen and oxygen atoms in total. The summed E-state index contributed by atoms with van der Waals surface area (Å²) in [6.07, 6.45) is 5.75. The van der Waals surface area contributed by atoms with Crippen molar-refractivity contribution in [3.63, 3.8) is 0 Å². The Morgan fingerprint density at radius 1 is 1.27 bits per heavy atom. The van der Waals surface area contributed by atoms with Gasteiger partial charge in [-0.25, -0.2) is 14.2 Å². The number of nitrogens with zero attached hydrogens (tertiary/aromatic N) is 2. The second-order valence-corrected chi connectivity index (χ2v) is 9.74. The predicted octanol–water partition coefficient (Wildman–Crippen LogP) is 2.80. The van der Waals surface area contributed by atoms with Crippen molar-refractivity contribution in [1.82, 2.24) is 9.88 Å². The first-order valence-corrected chi connectivity index (χ1v) is 10.9. The zero-order valence-corrected chi connectivity index (χ0v) is 17.2. The maximum absolute atomic E-state index is 14.0. The molecule has 30 heavy (non-hydrogen) atoms. The highest BCUT2D eigenvalue weighted by molar-refractivity contribution is 5.81. The molecule has 2 N–H and O–H groups in total. The summed E-state index contributed by atoms with van der Waals surface area (Å²) in [5, 5.41) is 0. The minimum Gasteiger partial charge on any atom is -0.470 e. The van der Waals surface area contributed by atoms with Crippen LogP contribution in [-0.4, -0.2) is 47.2 Å². The van der Waals surface area contributed by atoms with E-state index in [-0.39, 0.29) is 41.9 Å². The number of carbonyl (C=O) groups is 2. The van der Waals surface area contributed by atoms with Crippen molar-refractivity contribution >= 4 is 12.0 Å². The number of pyridine rings is 1. The lowest BCUT2D eigenvalue weighted by atomic mass is 9.48. The second-order valence-electron chi connectivity index (χ2n) is 9.74. The SMILES string of the molecule is Cc1cnc(O[C@H]2CCN(C(=O)OC3C4CC5CC3CC(C(N)=O)(C5)C4)C2)c(F)c1. The minimum absolute atomic E-state index is 0.0291. The van der Waals surface area contributed by atoms with Crippen molar-refractivity contribution in [2.24, 2.45) is 28.9 Å². The highest BCUT2D eigenvalue weighted by Gasteiger charge is 2.59. The molecule has 1 aromatic heterocycles. The fourth-order valence-corrected chi connectivity index (χ4v) is 6.42. The molecule has 0 radical (unpaired) electrons. The molecule has 1 aliphatic heterocycles. The number of aromatic nitrogens is 1. The number of nitrogens with two attached hydrogens (primary N) is 1. The summed E-state index contributed by atoms with van der Waals surface area (Å²) >= 11 is 0. The van der Waals surface area contributed by atoms with Gasteiger partial charge in [-0.2, -0.15) is 0 Å². The molecule has 2 amide bonds. The lowest BCUT2D eigenvalue weighted by Gasteiger charge is -2.58. The highest BCUT2D eigenvalue weighted by Crippen LogP contribution is 2.60. The van der Waals surface area contributed by atoms with Gasteiger partial charge in [-0.3, -0.25) is 4.79 Å². The molecule has 4 bridgehead atoms. The van der Waals surface area contributed by atoms with Gasteiger partial charge in [0.15, 0.2) is 5.82 Å². The average Bonchev–Trinajstić information content (AvgIpc) is 3.15. The van der Waals surface area contributed by atoms with Gasteiger partial charge in [0, 0.05) is 19.2 Å². The van der Waals surface area contributed by atoms with Crippen LogP contribution in [0.1, 0.15) is 44.1 Å². The zero-order valence-electron chi connectivity index (χ0n) is 17.2. The van der Waals surface area contributed by atoms with Gasteiger partial charge in [0.2, 0.25) is 5.91 Å². The van der Waals surface area contributed by atoms with Gasteiger partial charge in [0.1, 0.15) is 12.2 Å². The van der Waals surface area contributed by atoms with Gasteiger partial charge in [0.05, 0.1) is 12.0 Å². The molecule has 2 heterocycles. The van der Waals surface area contributed by atoms with E-state index < -0.39 is 11.2 Å². The standard InChI is InChI=1S/C22H28FN3O4/c1-12-4-17(23)19(25-10-12)29-16-2-3-26(11-16)21(28)30-18-14-5-13-6-15(18)9-22(7-13,8-14)20(24)27/h4,10,13-16,18H,2-3,5-9,11H2,1H3,(H2,24,27)/t13?,14?,15?,16-,18?,22?/m0/s1. The predicted molar refractivity (Wildman–Crippen MR) is 105 cm³/mol. The van der Waals surface area contributed by atoms with E-state index >= 15 is 0 Å². The number of carbonyl (C=O) groups excluding carboxylic acids is 2. The maximum Gasteiger partial charge on any atom is 0.410 e. The van der Waals surface area contributed by atoms with Crippen LogP contribution >= 0.6 is 0 Å². The van der Waals surface area contributed by atoms with Crippen molar-refractivity contribution in [2.45, 2.75) is 57.7 Å².